The first-order valence-corrected chi connectivity index (χ1v) is 7.76. The maximum atomic E-state index is 11.2. The van der Waals surface area contributed by atoms with Crippen LogP contribution in [0.5, 0.6) is 0 Å². The molecule has 2 N–H and O–H groups in total. The van der Waals surface area contributed by atoms with E-state index in [1.807, 2.05) is 29.7 Å². The molecule has 1 heterocycles. The van der Waals surface area contributed by atoms with Gasteiger partial charge in [-0.3, -0.25) is 4.21 Å². The highest BCUT2D eigenvalue weighted by atomic mass is 32.2. The van der Waals surface area contributed by atoms with Crippen LogP contribution >= 0.6 is 0 Å². The Bertz CT molecular complexity index is 591. The van der Waals surface area contributed by atoms with Crippen molar-refractivity contribution < 1.29 is 4.21 Å². The minimum Gasteiger partial charge on any atom is -0.369 e. The maximum Gasteiger partial charge on any atom is 0.201 e. The molecular weight excluding hydrogens is 246 g/mol. The van der Waals surface area contributed by atoms with E-state index in [0.29, 0.717) is 11.7 Å². The van der Waals surface area contributed by atoms with E-state index in [9.17, 15) is 4.21 Å². The molecule has 4 nitrogen and oxygen atoms in total. The second-order valence-corrected chi connectivity index (χ2v) is 6.25. The Hall–Kier alpha value is -1.36. The van der Waals surface area contributed by atoms with Crippen LogP contribution in [-0.4, -0.2) is 25.8 Å². The second-order valence-electron chi connectivity index (χ2n) is 4.70. The molecule has 0 aliphatic carbocycles. The van der Waals surface area contributed by atoms with Crippen LogP contribution in [0.2, 0.25) is 0 Å². The first-order valence-electron chi connectivity index (χ1n) is 6.03. The summed E-state index contributed by atoms with van der Waals surface area (Å²) in [5, 5.41) is 0. The minimum absolute atomic E-state index is 0.209. The summed E-state index contributed by atoms with van der Waals surface area (Å²) in [6.45, 7) is 4.12. The van der Waals surface area contributed by atoms with Crippen LogP contribution in [0.4, 0.5) is 5.95 Å². The zero-order valence-corrected chi connectivity index (χ0v) is 11.8. The summed E-state index contributed by atoms with van der Waals surface area (Å²) in [5.41, 5.74) is 9.15. The van der Waals surface area contributed by atoms with Gasteiger partial charge in [0.05, 0.1) is 11.0 Å². The van der Waals surface area contributed by atoms with Crippen LogP contribution in [0.15, 0.2) is 18.2 Å². The second kappa shape index (κ2) is 5.10. The van der Waals surface area contributed by atoms with Crippen molar-refractivity contribution in [1.29, 1.82) is 0 Å². The molecule has 0 radical (unpaired) electrons. The number of benzene rings is 1. The highest BCUT2D eigenvalue weighted by Crippen LogP contribution is 2.26. The van der Waals surface area contributed by atoms with Crippen molar-refractivity contribution in [3.63, 3.8) is 0 Å². The molecule has 0 amide bonds. The molecule has 0 bridgehead atoms. The largest absolute Gasteiger partial charge is 0.369 e. The molecule has 0 aliphatic rings. The number of hydrogen-bond acceptors (Lipinski definition) is 3. The molecule has 0 spiro atoms. The van der Waals surface area contributed by atoms with Gasteiger partial charge in [0, 0.05) is 28.9 Å². The van der Waals surface area contributed by atoms with Crippen LogP contribution in [0.1, 0.15) is 24.9 Å². The topological polar surface area (TPSA) is 60.9 Å². The summed E-state index contributed by atoms with van der Waals surface area (Å²) >= 11 is 0. The molecular formula is C13H19N3OS. The normalized spacial score (nSPS) is 14.8. The van der Waals surface area contributed by atoms with Crippen LogP contribution in [0, 0.1) is 6.92 Å². The lowest BCUT2D eigenvalue weighted by atomic mass is 10.2. The molecule has 2 atom stereocenters. The van der Waals surface area contributed by atoms with Crippen molar-refractivity contribution in [3.05, 3.63) is 23.8 Å². The van der Waals surface area contributed by atoms with Gasteiger partial charge in [0.25, 0.3) is 0 Å². The SMILES string of the molecule is Cc1cccc2c1nc(N)n2C(C)CCS(C)=O. The predicted molar refractivity (Wildman–Crippen MR) is 77.1 cm³/mol. The Balaban J connectivity index is 2.41. The first-order chi connectivity index (χ1) is 8.50. The molecule has 0 saturated heterocycles. The van der Waals surface area contributed by atoms with Gasteiger partial charge in [-0.1, -0.05) is 12.1 Å². The van der Waals surface area contributed by atoms with Crippen LogP contribution < -0.4 is 5.73 Å². The van der Waals surface area contributed by atoms with Crippen molar-refractivity contribution in [2.24, 2.45) is 0 Å². The van der Waals surface area contributed by atoms with Gasteiger partial charge < -0.3 is 10.3 Å². The number of nitrogens with two attached hydrogens (primary N) is 1. The molecule has 0 saturated carbocycles. The van der Waals surface area contributed by atoms with Crippen LogP contribution in [0.3, 0.4) is 0 Å². The van der Waals surface area contributed by atoms with E-state index >= 15 is 0 Å². The number of fused-ring (bicyclic) bond motifs is 1. The summed E-state index contributed by atoms with van der Waals surface area (Å²) in [4.78, 5) is 4.43. The predicted octanol–water partition coefficient (Wildman–Crippen LogP) is 2.26. The Morgan fingerprint density at radius 1 is 1.50 bits per heavy atom. The van der Waals surface area contributed by atoms with Crippen molar-refractivity contribution in [2.45, 2.75) is 26.3 Å². The number of nitrogens with zero attached hydrogens (tertiary/aromatic N) is 2. The average Bonchev–Trinajstić information content (AvgIpc) is 2.64. The number of imidazole rings is 1. The van der Waals surface area contributed by atoms with E-state index in [-0.39, 0.29) is 6.04 Å². The molecule has 2 aromatic rings. The first kappa shape index (κ1) is 13.1. The summed E-state index contributed by atoms with van der Waals surface area (Å²) in [6, 6.07) is 6.29. The molecule has 98 valence electrons. The summed E-state index contributed by atoms with van der Waals surface area (Å²) in [6.07, 6.45) is 2.57. The fourth-order valence-corrected chi connectivity index (χ4v) is 2.88. The number of hydrogen-bond donors (Lipinski definition) is 1. The molecule has 5 heteroatoms. The maximum absolute atomic E-state index is 11.2. The Labute approximate surface area is 110 Å². The zero-order chi connectivity index (χ0) is 13.3. The van der Waals surface area contributed by atoms with Gasteiger partial charge >= 0.3 is 0 Å². The van der Waals surface area contributed by atoms with Gasteiger partial charge in [-0.15, -0.1) is 0 Å². The van der Waals surface area contributed by atoms with Crippen molar-refractivity contribution in [1.82, 2.24) is 9.55 Å². The quantitative estimate of drug-likeness (QED) is 0.922. The third-order valence-corrected chi connectivity index (χ3v) is 4.02. The Morgan fingerprint density at radius 2 is 2.22 bits per heavy atom. The fraction of sp³-hybridized carbons (Fsp3) is 0.462. The van der Waals surface area contributed by atoms with E-state index in [2.05, 4.69) is 11.9 Å². The van der Waals surface area contributed by atoms with Crippen molar-refractivity contribution in [2.75, 3.05) is 17.7 Å². The number of aromatic nitrogens is 2. The standard InChI is InChI=1S/C13H19N3OS/c1-9-5-4-6-11-12(9)15-13(14)16(11)10(2)7-8-18(3)17/h4-6,10H,7-8H2,1-3H3,(H2,14,15). The number of rotatable bonds is 4. The third kappa shape index (κ3) is 2.41. The highest BCUT2D eigenvalue weighted by Gasteiger charge is 2.15. The van der Waals surface area contributed by atoms with E-state index in [4.69, 9.17) is 5.73 Å². The van der Waals surface area contributed by atoms with E-state index < -0.39 is 10.8 Å². The molecule has 18 heavy (non-hydrogen) atoms. The minimum atomic E-state index is -0.767. The van der Waals surface area contributed by atoms with Crippen molar-refractivity contribution >= 4 is 27.8 Å². The lowest BCUT2D eigenvalue weighted by Gasteiger charge is -2.15. The van der Waals surface area contributed by atoms with Gasteiger partial charge in [0.2, 0.25) is 5.95 Å². The zero-order valence-electron chi connectivity index (χ0n) is 11.0. The monoisotopic (exact) mass is 265 g/mol. The molecule has 1 aromatic carbocycles. The molecule has 0 aliphatic heterocycles. The average molecular weight is 265 g/mol. The summed E-state index contributed by atoms with van der Waals surface area (Å²) < 4.78 is 13.2. The molecule has 2 unspecified atom stereocenters. The van der Waals surface area contributed by atoms with E-state index in [1.165, 1.54) is 0 Å². The number of aryl methyl sites for hydroxylation is 1. The van der Waals surface area contributed by atoms with Crippen molar-refractivity contribution in [3.8, 4) is 0 Å². The van der Waals surface area contributed by atoms with Gasteiger partial charge in [0.1, 0.15) is 0 Å². The lowest BCUT2D eigenvalue weighted by Crippen LogP contribution is -2.11. The smallest absolute Gasteiger partial charge is 0.201 e. The van der Waals surface area contributed by atoms with Gasteiger partial charge in [-0.25, -0.2) is 4.98 Å². The highest BCUT2D eigenvalue weighted by molar-refractivity contribution is 7.84. The number of anilines is 1. The Morgan fingerprint density at radius 3 is 2.89 bits per heavy atom. The van der Waals surface area contributed by atoms with Gasteiger partial charge in [-0.2, -0.15) is 0 Å². The number of nitrogen functional groups attached to an aromatic ring is 1. The summed E-state index contributed by atoms with van der Waals surface area (Å²) in [5.74, 6) is 1.22. The van der Waals surface area contributed by atoms with Gasteiger partial charge in [0.15, 0.2) is 0 Å². The molecule has 2 rings (SSSR count). The Kier molecular flexibility index (Phi) is 3.71. The number of para-hydroxylation sites is 1. The third-order valence-electron chi connectivity index (χ3n) is 3.21. The van der Waals surface area contributed by atoms with E-state index in [0.717, 1.165) is 23.0 Å². The van der Waals surface area contributed by atoms with Crippen LogP contribution in [-0.2, 0) is 10.8 Å². The lowest BCUT2D eigenvalue weighted by molar-refractivity contribution is 0.552. The van der Waals surface area contributed by atoms with Gasteiger partial charge in [-0.05, 0) is 31.9 Å². The van der Waals surface area contributed by atoms with Crippen LogP contribution in [0.25, 0.3) is 11.0 Å². The molecule has 0 fully saturated rings. The fourth-order valence-electron chi connectivity index (χ4n) is 2.20. The van der Waals surface area contributed by atoms with E-state index in [1.54, 1.807) is 6.26 Å². The summed E-state index contributed by atoms with van der Waals surface area (Å²) in [7, 11) is -0.767. The molecule has 1 aromatic heterocycles.